The van der Waals surface area contributed by atoms with Crippen molar-refractivity contribution in [3.63, 3.8) is 0 Å². The molecule has 1 heterocycles. The van der Waals surface area contributed by atoms with Crippen LogP contribution in [0.5, 0.6) is 0 Å². The highest BCUT2D eigenvalue weighted by Gasteiger charge is 2.17. The third-order valence-electron chi connectivity index (χ3n) is 4.61. The van der Waals surface area contributed by atoms with Gasteiger partial charge in [-0.05, 0) is 51.0 Å². The molecule has 144 valence electrons. The second kappa shape index (κ2) is 8.65. The predicted molar refractivity (Wildman–Crippen MR) is 113 cm³/mol. The molecule has 5 nitrogen and oxygen atoms in total. The van der Waals surface area contributed by atoms with E-state index in [4.69, 9.17) is 0 Å². The molecule has 3 rings (SSSR count). The Kier molecular flexibility index (Phi) is 6.04. The second-order valence-electron chi connectivity index (χ2n) is 6.85. The molecule has 2 aromatic carbocycles. The van der Waals surface area contributed by atoms with E-state index in [9.17, 15) is 4.79 Å². The zero-order valence-corrected chi connectivity index (χ0v) is 16.8. The standard InChI is InChI=1S/C23H26N4O/c1-5-27(20-13-9-10-16(2)14-20)22-15-21(25-18(4)26-22)23(28)24-17(3)19-11-7-6-8-12-19/h6-15,17H,5H2,1-4H3,(H,24,28). The lowest BCUT2D eigenvalue weighted by Crippen LogP contribution is -2.28. The minimum Gasteiger partial charge on any atom is -0.344 e. The van der Waals surface area contributed by atoms with E-state index in [1.807, 2.05) is 56.3 Å². The van der Waals surface area contributed by atoms with Crippen LogP contribution in [0.4, 0.5) is 11.5 Å². The average Bonchev–Trinajstić information content (AvgIpc) is 2.69. The van der Waals surface area contributed by atoms with Gasteiger partial charge in [0.1, 0.15) is 17.3 Å². The van der Waals surface area contributed by atoms with Crippen molar-refractivity contribution in [1.82, 2.24) is 15.3 Å². The Morgan fingerprint density at radius 2 is 1.79 bits per heavy atom. The number of carbonyl (C=O) groups is 1. The predicted octanol–water partition coefficient (Wildman–Crippen LogP) is 4.74. The average molecular weight is 374 g/mol. The molecule has 0 fully saturated rings. The van der Waals surface area contributed by atoms with Gasteiger partial charge in [0.25, 0.3) is 5.91 Å². The van der Waals surface area contributed by atoms with Crippen molar-refractivity contribution >= 4 is 17.4 Å². The van der Waals surface area contributed by atoms with Gasteiger partial charge in [-0.15, -0.1) is 0 Å². The summed E-state index contributed by atoms with van der Waals surface area (Å²) in [4.78, 5) is 23.8. The lowest BCUT2D eigenvalue weighted by Gasteiger charge is -2.23. The minimum atomic E-state index is -0.205. The molecular weight excluding hydrogens is 348 g/mol. The van der Waals surface area contributed by atoms with Crippen LogP contribution in [-0.2, 0) is 0 Å². The first-order valence-electron chi connectivity index (χ1n) is 9.53. The highest BCUT2D eigenvalue weighted by atomic mass is 16.1. The van der Waals surface area contributed by atoms with Crippen molar-refractivity contribution in [2.24, 2.45) is 0 Å². The zero-order chi connectivity index (χ0) is 20.1. The van der Waals surface area contributed by atoms with Gasteiger partial charge in [-0.2, -0.15) is 0 Å². The molecule has 0 saturated heterocycles. The van der Waals surface area contributed by atoms with Crippen LogP contribution in [0.1, 0.15) is 47.3 Å². The summed E-state index contributed by atoms with van der Waals surface area (Å²) in [5, 5.41) is 3.02. The number of aryl methyl sites for hydroxylation is 2. The normalized spacial score (nSPS) is 11.7. The summed E-state index contributed by atoms with van der Waals surface area (Å²) < 4.78 is 0. The van der Waals surface area contributed by atoms with E-state index in [1.165, 1.54) is 5.56 Å². The number of nitrogens with one attached hydrogen (secondary N) is 1. The van der Waals surface area contributed by atoms with Crippen LogP contribution >= 0.6 is 0 Å². The fourth-order valence-electron chi connectivity index (χ4n) is 3.17. The largest absolute Gasteiger partial charge is 0.344 e. The summed E-state index contributed by atoms with van der Waals surface area (Å²) in [7, 11) is 0. The van der Waals surface area contributed by atoms with Gasteiger partial charge in [0.2, 0.25) is 0 Å². The van der Waals surface area contributed by atoms with Gasteiger partial charge in [0, 0.05) is 18.3 Å². The minimum absolute atomic E-state index is 0.105. The number of hydrogen-bond donors (Lipinski definition) is 1. The third kappa shape index (κ3) is 4.55. The van der Waals surface area contributed by atoms with Crippen LogP contribution in [-0.4, -0.2) is 22.4 Å². The zero-order valence-electron chi connectivity index (χ0n) is 16.8. The Morgan fingerprint density at radius 1 is 1.04 bits per heavy atom. The Labute approximate surface area is 166 Å². The topological polar surface area (TPSA) is 58.1 Å². The summed E-state index contributed by atoms with van der Waals surface area (Å²) in [6.07, 6.45) is 0. The summed E-state index contributed by atoms with van der Waals surface area (Å²) >= 11 is 0. The first-order chi connectivity index (χ1) is 13.5. The molecule has 0 spiro atoms. The van der Waals surface area contributed by atoms with E-state index in [1.54, 1.807) is 6.07 Å². The van der Waals surface area contributed by atoms with Gasteiger partial charge in [0.15, 0.2) is 0 Å². The molecule has 0 aliphatic heterocycles. The van der Waals surface area contributed by atoms with Gasteiger partial charge >= 0.3 is 0 Å². The Bertz CT molecular complexity index is 956. The van der Waals surface area contributed by atoms with Crippen molar-refractivity contribution in [2.75, 3.05) is 11.4 Å². The highest BCUT2D eigenvalue weighted by Crippen LogP contribution is 2.25. The molecule has 1 unspecified atom stereocenters. The van der Waals surface area contributed by atoms with Crippen molar-refractivity contribution in [3.05, 3.63) is 83.3 Å². The molecule has 1 amide bonds. The number of nitrogens with zero attached hydrogens (tertiary/aromatic N) is 3. The summed E-state index contributed by atoms with van der Waals surface area (Å²) in [6.45, 7) is 8.64. The van der Waals surface area contributed by atoms with Crippen molar-refractivity contribution in [2.45, 2.75) is 33.7 Å². The smallest absolute Gasteiger partial charge is 0.270 e. The number of rotatable bonds is 6. The van der Waals surface area contributed by atoms with Crippen molar-refractivity contribution in [1.29, 1.82) is 0 Å². The maximum Gasteiger partial charge on any atom is 0.270 e. The van der Waals surface area contributed by atoms with E-state index >= 15 is 0 Å². The summed E-state index contributed by atoms with van der Waals surface area (Å²) in [6, 6.07) is 19.8. The molecule has 1 atom stereocenters. The van der Waals surface area contributed by atoms with E-state index in [0.29, 0.717) is 11.5 Å². The molecule has 28 heavy (non-hydrogen) atoms. The Morgan fingerprint density at radius 3 is 2.46 bits per heavy atom. The van der Waals surface area contributed by atoms with Crippen LogP contribution in [0.15, 0.2) is 60.7 Å². The Hall–Kier alpha value is -3.21. The van der Waals surface area contributed by atoms with Crippen LogP contribution in [0.25, 0.3) is 0 Å². The van der Waals surface area contributed by atoms with Crippen molar-refractivity contribution < 1.29 is 4.79 Å². The molecule has 0 aliphatic rings. The fourth-order valence-corrected chi connectivity index (χ4v) is 3.17. The molecule has 5 heteroatoms. The van der Waals surface area contributed by atoms with Crippen molar-refractivity contribution in [3.8, 4) is 0 Å². The van der Waals surface area contributed by atoms with Gasteiger partial charge < -0.3 is 10.2 Å². The fraction of sp³-hybridized carbons (Fsp3) is 0.261. The summed E-state index contributed by atoms with van der Waals surface area (Å²) in [5.41, 5.74) is 3.65. The van der Waals surface area contributed by atoms with Crippen LogP contribution in [0.2, 0.25) is 0 Å². The molecule has 0 bridgehead atoms. The number of aromatic nitrogens is 2. The first kappa shape index (κ1) is 19.5. The summed E-state index contributed by atoms with van der Waals surface area (Å²) in [5.74, 6) is 1.09. The molecular formula is C23H26N4O. The van der Waals surface area contributed by atoms with Gasteiger partial charge in [-0.3, -0.25) is 4.79 Å². The molecule has 0 saturated carbocycles. The van der Waals surface area contributed by atoms with Crippen LogP contribution in [0.3, 0.4) is 0 Å². The van der Waals surface area contributed by atoms with Gasteiger partial charge in [-0.1, -0.05) is 42.5 Å². The second-order valence-corrected chi connectivity index (χ2v) is 6.85. The number of amides is 1. The van der Waals surface area contributed by atoms with Crippen LogP contribution in [0, 0.1) is 13.8 Å². The molecule has 0 aliphatic carbocycles. The number of anilines is 2. The maximum absolute atomic E-state index is 12.8. The van der Waals surface area contributed by atoms with E-state index < -0.39 is 0 Å². The first-order valence-corrected chi connectivity index (χ1v) is 9.53. The van der Waals surface area contributed by atoms with E-state index in [0.717, 1.165) is 23.6 Å². The molecule has 1 N–H and O–H groups in total. The number of benzene rings is 2. The Balaban J connectivity index is 1.87. The number of carbonyl (C=O) groups excluding carboxylic acids is 1. The number of hydrogen-bond acceptors (Lipinski definition) is 4. The monoisotopic (exact) mass is 374 g/mol. The van der Waals surface area contributed by atoms with Gasteiger partial charge in [-0.25, -0.2) is 9.97 Å². The molecule has 0 radical (unpaired) electrons. The lowest BCUT2D eigenvalue weighted by molar-refractivity contribution is 0.0934. The molecule has 3 aromatic rings. The quantitative estimate of drug-likeness (QED) is 0.677. The van der Waals surface area contributed by atoms with Crippen LogP contribution < -0.4 is 10.2 Å². The maximum atomic E-state index is 12.8. The SMILES string of the molecule is CCN(c1cccc(C)c1)c1cc(C(=O)NC(C)c2ccccc2)nc(C)n1. The van der Waals surface area contributed by atoms with Gasteiger partial charge in [0.05, 0.1) is 6.04 Å². The van der Waals surface area contributed by atoms with E-state index in [-0.39, 0.29) is 11.9 Å². The molecule has 1 aromatic heterocycles. The third-order valence-corrected chi connectivity index (χ3v) is 4.61. The lowest BCUT2D eigenvalue weighted by atomic mass is 10.1. The highest BCUT2D eigenvalue weighted by molar-refractivity contribution is 5.93. The van der Waals surface area contributed by atoms with E-state index in [2.05, 4.69) is 46.2 Å².